The van der Waals surface area contributed by atoms with Crippen LogP contribution in [0.3, 0.4) is 0 Å². The molecule has 0 unspecified atom stereocenters. The zero-order valence-electron chi connectivity index (χ0n) is 22.0. The van der Waals surface area contributed by atoms with Gasteiger partial charge in [-0.3, -0.25) is 9.69 Å². The Balaban J connectivity index is 1.73. The van der Waals surface area contributed by atoms with Gasteiger partial charge in [-0.05, 0) is 63.8 Å². The molecule has 1 saturated carbocycles. The molecule has 0 atom stereocenters. The molecule has 2 aromatic rings. The van der Waals surface area contributed by atoms with Crippen LogP contribution in [0.1, 0.15) is 71.1 Å². The lowest BCUT2D eigenvalue weighted by Gasteiger charge is -2.38. The van der Waals surface area contributed by atoms with Crippen molar-refractivity contribution < 1.29 is 9.18 Å². The van der Waals surface area contributed by atoms with Gasteiger partial charge in [-0.1, -0.05) is 26.7 Å². The van der Waals surface area contributed by atoms with E-state index in [4.69, 9.17) is 5.10 Å². The molecule has 0 radical (unpaired) electrons. The zero-order chi connectivity index (χ0) is 24.9. The highest BCUT2D eigenvalue weighted by atomic mass is 19.1. The topological polar surface area (TPSA) is 44.6 Å². The first-order valence-electron chi connectivity index (χ1n) is 13.6. The molecule has 6 nitrogen and oxygen atoms in total. The summed E-state index contributed by atoms with van der Waals surface area (Å²) >= 11 is 0. The van der Waals surface area contributed by atoms with E-state index in [1.165, 1.54) is 12.1 Å². The third-order valence-corrected chi connectivity index (χ3v) is 7.65. The van der Waals surface area contributed by atoms with Crippen LogP contribution in [-0.2, 0) is 17.8 Å². The largest absolute Gasteiger partial charge is 0.354 e. The van der Waals surface area contributed by atoms with Gasteiger partial charge in [0.25, 0.3) is 0 Å². The van der Waals surface area contributed by atoms with Gasteiger partial charge in [-0.2, -0.15) is 5.10 Å². The van der Waals surface area contributed by atoms with E-state index in [2.05, 4.69) is 42.4 Å². The first-order valence-corrected chi connectivity index (χ1v) is 13.6. The van der Waals surface area contributed by atoms with Crippen LogP contribution in [0.4, 0.5) is 10.2 Å². The first kappa shape index (κ1) is 25.7. The lowest BCUT2D eigenvalue weighted by atomic mass is 10.1. The second-order valence-corrected chi connectivity index (χ2v) is 10.3. The van der Waals surface area contributed by atoms with Gasteiger partial charge >= 0.3 is 0 Å². The highest BCUT2D eigenvalue weighted by molar-refractivity contribution is 5.79. The molecule has 1 aromatic heterocycles. The van der Waals surface area contributed by atoms with Crippen molar-refractivity contribution in [2.45, 2.75) is 78.8 Å². The predicted octanol–water partition coefficient (Wildman–Crippen LogP) is 5.03. The van der Waals surface area contributed by atoms with Crippen LogP contribution in [0.25, 0.3) is 5.69 Å². The molecular formula is C28H42FN5O. The Morgan fingerprint density at radius 1 is 1.09 bits per heavy atom. The fourth-order valence-electron chi connectivity index (χ4n) is 5.63. The van der Waals surface area contributed by atoms with Crippen LogP contribution >= 0.6 is 0 Å². The number of amides is 1. The van der Waals surface area contributed by atoms with Crippen LogP contribution in [0.15, 0.2) is 24.3 Å². The number of hydrogen-bond donors (Lipinski definition) is 0. The summed E-state index contributed by atoms with van der Waals surface area (Å²) in [6.07, 6.45) is 6.07. The molecule has 1 aromatic carbocycles. The van der Waals surface area contributed by atoms with E-state index in [1.54, 1.807) is 12.1 Å². The second-order valence-electron chi connectivity index (χ2n) is 10.3. The predicted molar refractivity (Wildman–Crippen MR) is 139 cm³/mol. The normalized spacial score (nSPS) is 17.5. The summed E-state index contributed by atoms with van der Waals surface area (Å²) in [6, 6.07) is 7.11. The Morgan fingerprint density at radius 2 is 1.74 bits per heavy atom. The summed E-state index contributed by atoms with van der Waals surface area (Å²) in [6.45, 7) is 13.9. The van der Waals surface area contributed by atoms with Gasteiger partial charge < -0.3 is 9.80 Å². The summed E-state index contributed by atoms with van der Waals surface area (Å²) in [5.41, 5.74) is 3.03. The first-order chi connectivity index (χ1) is 16.9. The number of carbonyl (C=O) groups is 1. The maximum absolute atomic E-state index is 13.7. The number of anilines is 1. The molecule has 35 heavy (non-hydrogen) atoms. The minimum Gasteiger partial charge on any atom is -0.354 e. The van der Waals surface area contributed by atoms with Gasteiger partial charge in [0.15, 0.2) is 0 Å². The van der Waals surface area contributed by atoms with Crippen molar-refractivity contribution in [3.8, 4) is 5.69 Å². The molecule has 7 heteroatoms. The molecule has 2 aliphatic rings. The quantitative estimate of drug-likeness (QED) is 0.502. The summed E-state index contributed by atoms with van der Waals surface area (Å²) in [5.74, 6) is 1.28. The lowest BCUT2D eigenvalue weighted by Crippen LogP contribution is -2.49. The minimum absolute atomic E-state index is 0.164. The lowest BCUT2D eigenvalue weighted by molar-refractivity contribution is -0.136. The van der Waals surface area contributed by atoms with Crippen LogP contribution in [0.5, 0.6) is 0 Å². The number of aromatic nitrogens is 2. The minimum atomic E-state index is -0.250. The second kappa shape index (κ2) is 11.5. The van der Waals surface area contributed by atoms with Gasteiger partial charge in [-0.25, -0.2) is 9.07 Å². The van der Waals surface area contributed by atoms with Gasteiger partial charge in [-0.15, -0.1) is 0 Å². The maximum Gasteiger partial charge on any atom is 0.225 e. The third kappa shape index (κ3) is 5.71. The number of benzene rings is 1. The number of carbonyl (C=O) groups excluding carboxylic acids is 1. The Labute approximate surface area is 210 Å². The van der Waals surface area contributed by atoms with Crippen molar-refractivity contribution in [2.24, 2.45) is 5.92 Å². The SMILES string of the molecule is CCCN(Cc1c(CC)nn(-c2ccc(F)cc2)c1N1CCN(C(C)C)CC1)C(=O)C1CCCC1. The van der Waals surface area contributed by atoms with Crippen LogP contribution in [0.2, 0.25) is 0 Å². The van der Waals surface area contributed by atoms with E-state index in [1.807, 2.05) is 4.68 Å². The number of aryl methyl sites for hydroxylation is 1. The highest BCUT2D eigenvalue weighted by Gasteiger charge is 2.31. The molecule has 1 aliphatic heterocycles. The van der Waals surface area contributed by atoms with E-state index in [-0.39, 0.29) is 11.7 Å². The van der Waals surface area contributed by atoms with Crippen molar-refractivity contribution in [3.05, 3.63) is 41.3 Å². The van der Waals surface area contributed by atoms with E-state index >= 15 is 0 Å². The number of halogens is 1. The molecule has 4 rings (SSSR count). The molecule has 2 heterocycles. The summed E-state index contributed by atoms with van der Waals surface area (Å²) in [7, 11) is 0. The summed E-state index contributed by atoms with van der Waals surface area (Å²) in [4.78, 5) is 20.5. The Bertz CT molecular complexity index is 972. The third-order valence-electron chi connectivity index (χ3n) is 7.65. The number of piperazine rings is 1. The van der Waals surface area contributed by atoms with Crippen LogP contribution < -0.4 is 4.90 Å². The standard InChI is InChI=1S/C28H42FN5O/c1-5-15-33(28(35)22-9-7-8-10-22)20-25-26(6-2)30-34(24-13-11-23(29)12-14-24)27(25)32-18-16-31(17-19-32)21(3)4/h11-14,21-22H,5-10,15-20H2,1-4H3. The molecule has 0 N–H and O–H groups in total. The monoisotopic (exact) mass is 483 g/mol. The molecule has 1 saturated heterocycles. The van der Waals surface area contributed by atoms with Crippen molar-refractivity contribution >= 4 is 11.7 Å². The van der Waals surface area contributed by atoms with E-state index < -0.39 is 0 Å². The zero-order valence-corrected chi connectivity index (χ0v) is 22.0. The fourth-order valence-corrected chi connectivity index (χ4v) is 5.63. The number of nitrogens with zero attached hydrogens (tertiary/aromatic N) is 5. The molecule has 0 spiro atoms. The average Bonchev–Trinajstić information content (AvgIpc) is 3.52. The Morgan fingerprint density at radius 3 is 2.31 bits per heavy atom. The van der Waals surface area contributed by atoms with Gasteiger partial charge in [0, 0.05) is 50.2 Å². The summed E-state index contributed by atoms with van der Waals surface area (Å²) in [5, 5.41) is 5.03. The Kier molecular flexibility index (Phi) is 8.47. The molecule has 192 valence electrons. The van der Waals surface area contributed by atoms with Crippen LogP contribution in [-0.4, -0.2) is 64.3 Å². The Hall–Kier alpha value is -2.41. The van der Waals surface area contributed by atoms with Crippen molar-refractivity contribution in [2.75, 3.05) is 37.6 Å². The fraction of sp³-hybridized carbons (Fsp3) is 0.643. The van der Waals surface area contributed by atoms with Gasteiger partial charge in [0.05, 0.1) is 17.9 Å². The van der Waals surface area contributed by atoms with E-state index in [9.17, 15) is 9.18 Å². The maximum atomic E-state index is 13.7. The van der Waals surface area contributed by atoms with E-state index in [0.29, 0.717) is 18.5 Å². The number of hydrogen-bond acceptors (Lipinski definition) is 4. The molecule has 1 aliphatic carbocycles. The van der Waals surface area contributed by atoms with Crippen molar-refractivity contribution in [1.29, 1.82) is 0 Å². The molecule has 1 amide bonds. The molecule has 2 fully saturated rings. The number of rotatable bonds is 9. The van der Waals surface area contributed by atoms with Crippen molar-refractivity contribution in [1.82, 2.24) is 19.6 Å². The van der Waals surface area contributed by atoms with Gasteiger partial charge in [0.2, 0.25) is 5.91 Å². The van der Waals surface area contributed by atoms with Gasteiger partial charge in [0.1, 0.15) is 11.6 Å². The van der Waals surface area contributed by atoms with E-state index in [0.717, 1.165) is 94.0 Å². The molecule has 0 bridgehead atoms. The average molecular weight is 484 g/mol. The smallest absolute Gasteiger partial charge is 0.225 e. The van der Waals surface area contributed by atoms with Crippen LogP contribution in [0, 0.1) is 11.7 Å². The summed E-state index contributed by atoms with van der Waals surface area (Å²) < 4.78 is 15.7. The molecular weight excluding hydrogens is 441 g/mol. The van der Waals surface area contributed by atoms with Crippen molar-refractivity contribution in [3.63, 3.8) is 0 Å². The highest BCUT2D eigenvalue weighted by Crippen LogP contribution is 2.33.